The molecule has 1 N–H and O–H groups in total. The van der Waals surface area contributed by atoms with Crippen LogP contribution in [0.3, 0.4) is 0 Å². The van der Waals surface area contributed by atoms with Gasteiger partial charge >= 0.3 is 0 Å². The summed E-state index contributed by atoms with van der Waals surface area (Å²) >= 11 is 0. The van der Waals surface area contributed by atoms with E-state index in [2.05, 4.69) is 45.0 Å². The monoisotopic (exact) mass is 339 g/mol. The van der Waals surface area contributed by atoms with Crippen LogP contribution >= 0.6 is 0 Å². The molecule has 0 aliphatic carbocycles. The molecule has 2 aromatic carbocycles. The van der Waals surface area contributed by atoms with E-state index in [9.17, 15) is 9.90 Å². The minimum absolute atomic E-state index is 0.125. The van der Waals surface area contributed by atoms with Gasteiger partial charge in [0.25, 0.3) is 0 Å². The fraction of sp³-hybridized carbons (Fsp3) is 0.350. The molecule has 3 rings (SSSR count). The molecule has 0 spiro atoms. The molecule has 2 aromatic rings. The first-order valence-corrected chi connectivity index (χ1v) is 10.4. The Morgan fingerprint density at radius 3 is 1.67 bits per heavy atom. The highest BCUT2D eigenvalue weighted by molar-refractivity contribution is 7.03. The number of hydrogen-bond donors (Lipinski definition) is 1. The maximum absolute atomic E-state index is 12.7. The van der Waals surface area contributed by atoms with Crippen molar-refractivity contribution >= 4 is 24.5 Å². The summed E-state index contributed by atoms with van der Waals surface area (Å²) in [7, 11) is -2.61. The fourth-order valence-electron chi connectivity index (χ4n) is 4.11. The number of nitrogens with zero attached hydrogens (tertiary/aromatic N) is 1. The molecule has 0 unspecified atom stereocenters. The molecule has 126 valence electrons. The van der Waals surface area contributed by atoms with Gasteiger partial charge in [-0.05, 0) is 22.3 Å². The molecule has 0 bridgehead atoms. The second-order valence-corrected chi connectivity index (χ2v) is 12.1. The van der Waals surface area contributed by atoms with E-state index in [1.54, 1.807) is 0 Å². The quantitative estimate of drug-likeness (QED) is 0.687. The van der Waals surface area contributed by atoms with Crippen molar-refractivity contribution in [3.05, 3.63) is 60.7 Å². The molecule has 1 fully saturated rings. The van der Waals surface area contributed by atoms with Gasteiger partial charge < -0.3 is 9.67 Å². The van der Waals surface area contributed by atoms with E-state index in [0.29, 0.717) is 0 Å². The summed E-state index contributed by atoms with van der Waals surface area (Å²) < 4.78 is 2.00. The van der Waals surface area contributed by atoms with E-state index in [4.69, 9.17) is 0 Å². The smallest absolute Gasteiger partial charge is 0.246 e. The highest BCUT2D eigenvalue weighted by Crippen LogP contribution is 2.42. The predicted molar refractivity (Wildman–Crippen MR) is 99.9 cm³/mol. The van der Waals surface area contributed by atoms with Gasteiger partial charge in [0.1, 0.15) is 0 Å². The van der Waals surface area contributed by atoms with Crippen molar-refractivity contribution in [3.8, 4) is 0 Å². The SMILES string of the molecule is C[C@@H]1[C@@H](O)C(=O)N1[Si](c1ccccc1)(c1ccccc1)C(C)(C)C. The number of carbonyl (C=O) groups is 1. The molecule has 1 aliphatic heterocycles. The lowest BCUT2D eigenvalue weighted by Crippen LogP contribution is -2.84. The van der Waals surface area contributed by atoms with Crippen molar-refractivity contribution in [2.45, 2.75) is 44.9 Å². The summed E-state index contributed by atoms with van der Waals surface area (Å²) in [5.41, 5.74) is 0. The Morgan fingerprint density at radius 1 is 0.917 bits per heavy atom. The number of aliphatic hydroxyl groups excluding tert-OH is 1. The number of β-lactam (4-membered cyclic amide) rings is 1. The van der Waals surface area contributed by atoms with Crippen LogP contribution in [0.25, 0.3) is 0 Å². The van der Waals surface area contributed by atoms with Crippen LogP contribution in [0, 0.1) is 0 Å². The largest absolute Gasteiger partial charge is 0.381 e. The number of rotatable bonds is 3. The summed E-state index contributed by atoms with van der Waals surface area (Å²) in [4.78, 5) is 12.7. The second-order valence-electron chi connectivity index (χ2n) is 7.59. The molecule has 2 atom stereocenters. The third-order valence-corrected chi connectivity index (χ3v) is 11.0. The molecule has 1 amide bonds. The Bertz CT molecular complexity index is 685. The Balaban J connectivity index is 2.33. The van der Waals surface area contributed by atoms with Crippen LogP contribution in [-0.4, -0.2) is 36.0 Å². The minimum atomic E-state index is -2.61. The van der Waals surface area contributed by atoms with Crippen LogP contribution in [0.4, 0.5) is 0 Å². The van der Waals surface area contributed by atoms with Crippen LogP contribution in [0.5, 0.6) is 0 Å². The molecular weight excluding hydrogens is 314 g/mol. The van der Waals surface area contributed by atoms with Gasteiger partial charge in [-0.25, -0.2) is 0 Å². The van der Waals surface area contributed by atoms with E-state index in [-0.39, 0.29) is 17.0 Å². The number of carbonyl (C=O) groups excluding carboxylic acids is 1. The van der Waals surface area contributed by atoms with Crippen molar-refractivity contribution in [3.63, 3.8) is 0 Å². The summed E-state index contributed by atoms with van der Waals surface area (Å²) in [6.07, 6.45) is -0.883. The maximum atomic E-state index is 12.7. The van der Waals surface area contributed by atoms with Gasteiger partial charge in [-0.15, -0.1) is 0 Å². The van der Waals surface area contributed by atoms with Gasteiger partial charge in [0.05, 0.1) is 6.04 Å². The molecule has 1 heterocycles. The summed E-state index contributed by atoms with van der Waals surface area (Å²) in [5.74, 6) is -0.142. The second kappa shape index (κ2) is 5.87. The molecule has 1 aliphatic rings. The number of amides is 1. The van der Waals surface area contributed by atoms with Crippen LogP contribution in [0.1, 0.15) is 27.7 Å². The van der Waals surface area contributed by atoms with Gasteiger partial charge in [0, 0.05) is 0 Å². The zero-order chi connectivity index (χ0) is 17.5. The van der Waals surface area contributed by atoms with Crippen LogP contribution < -0.4 is 10.4 Å². The average molecular weight is 340 g/mol. The Labute approximate surface area is 145 Å². The lowest BCUT2D eigenvalue weighted by Gasteiger charge is -2.59. The highest BCUT2D eigenvalue weighted by atomic mass is 28.3. The molecule has 0 aromatic heterocycles. The van der Waals surface area contributed by atoms with Crippen LogP contribution in [-0.2, 0) is 4.79 Å². The van der Waals surface area contributed by atoms with Crippen LogP contribution in [0.15, 0.2) is 60.7 Å². The highest BCUT2D eigenvalue weighted by Gasteiger charge is 2.62. The first kappa shape index (κ1) is 16.9. The third kappa shape index (κ3) is 2.25. The summed E-state index contributed by atoms with van der Waals surface area (Å²) in [5, 5.41) is 12.4. The summed E-state index contributed by atoms with van der Waals surface area (Å²) in [6.45, 7) is 8.59. The summed E-state index contributed by atoms with van der Waals surface area (Å²) in [6, 6.07) is 20.5. The number of aliphatic hydroxyl groups is 1. The van der Waals surface area contributed by atoms with Crippen molar-refractivity contribution in [1.29, 1.82) is 0 Å². The number of hydrogen-bond acceptors (Lipinski definition) is 2. The van der Waals surface area contributed by atoms with Crippen LogP contribution in [0.2, 0.25) is 5.04 Å². The van der Waals surface area contributed by atoms with E-state index >= 15 is 0 Å². The average Bonchev–Trinajstić information content (AvgIpc) is 2.59. The lowest BCUT2D eigenvalue weighted by molar-refractivity contribution is -0.155. The van der Waals surface area contributed by atoms with E-state index in [0.717, 1.165) is 0 Å². The van der Waals surface area contributed by atoms with Crippen molar-refractivity contribution in [1.82, 2.24) is 4.57 Å². The standard InChI is InChI=1S/C20H25NO2Si/c1-15-18(22)19(23)21(15)24(20(2,3)4,16-11-7-5-8-12-16)17-13-9-6-10-14-17/h5-15,18,22H,1-4H3/t15-,18-/m1/s1. The molecule has 4 heteroatoms. The van der Waals surface area contributed by atoms with E-state index < -0.39 is 14.3 Å². The van der Waals surface area contributed by atoms with Gasteiger partial charge in [-0.2, -0.15) is 0 Å². The van der Waals surface area contributed by atoms with Gasteiger partial charge in [-0.3, -0.25) is 4.79 Å². The first-order valence-electron chi connectivity index (χ1n) is 8.44. The molecule has 0 radical (unpaired) electrons. The Hall–Kier alpha value is -1.91. The Morgan fingerprint density at radius 2 is 1.33 bits per heavy atom. The zero-order valence-corrected chi connectivity index (χ0v) is 15.7. The zero-order valence-electron chi connectivity index (χ0n) is 14.7. The van der Waals surface area contributed by atoms with E-state index in [1.807, 2.05) is 47.9 Å². The molecule has 24 heavy (non-hydrogen) atoms. The van der Waals surface area contributed by atoms with Gasteiger partial charge in [0.15, 0.2) is 6.10 Å². The van der Waals surface area contributed by atoms with Crippen molar-refractivity contribution in [2.24, 2.45) is 0 Å². The number of benzene rings is 2. The van der Waals surface area contributed by atoms with Gasteiger partial charge in [0.2, 0.25) is 14.1 Å². The molecule has 3 nitrogen and oxygen atoms in total. The molecular formula is C20H25NO2Si. The van der Waals surface area contributed by atoms with E-state index in [1.165, 1.54) is 10.4 Å². The normalized spacial score (nSPS) is 21.5. The minimum Gasteiger partial charge on any atom is -0.381 e. The van der Waals surface area contributed by atoms with Crippen molar-refractivity contribution in [2.75, 3.05) is 0 Å². The Kier molecular flexibility index (Phi) is 4.14. The predicted octanol–water partition coefficient (Wildman–Crippen LogP) is 2.14. The lowest BCUT2D eigenvalue weighted by atomic mass is 10.1. The first-order chi connectivity index (χ1) is 11.3. The maximum Gasteiger partial charge on any atom is 0.246 e. The topological polar surface area (TPSA) is 40.5 Å². The third-order valence-electron chi connectivity index (χ3n) is 5.18. The van der Waals surface area contributed by atoms with Crippen molar-refractivity contribution < 1.29 is 9.90 Å². The van der Waals surface area contributed by atoms with Gasteiger partial charge in [-0.1, -0.05) is 81.4 Å². The molecule has 0 saturated carbocycles. The molecule has 1 saturated heterocycles. The fourth-order valence-corrected chi connectivity index (χ4v) is 10.0.